The van der Waals surface area contributed by atoms with E-state index in [0.29, 0.717) is 0 Å². The number of aliphatic hydroxyl groups is 6. The molecule has 6 N–H and O–H groups in total. The molecule has 0 aliphatic carbocycles. The molecule has 0 fully saturated rings. The van der Waals surface area contributed by atoms with Crippen molar-refractivity contribution in [3.63, 3.8) is 0 Å². The summed E-state index contributed by atoms with van der Waals surface area (Å²) in [5.41, 5.74) is 0. The third-order valence-corrected chi connectivity index (χ3v) is 0. The fourth-order valence-electron chi connectivity index (χ4n) is 0. The SMILES string of the molecule is N#CO.N#CO.N#CO.N#CO.N#CO.N#CO.[K+].[Re]. The van der Waals surface area contributed by atoms with Crippen molar-refractivity contribution >= 4 is 0 Å². The van der Waals surface area contributed by atoms with Gasteiger partial charge < -0.3 is 30.6 Å². The average molecular weight is 483 g/mol. The van der Waals surface area contributed by atoms with Gasteiger partial charge in [-0.2, -0.15) is 31.6 Å². The molecular weight excluding hydrogens is 477 g/mol. The molecule has 0 aliphatic rings. The number of aliphatic hydroxyl groups excluding tert-OH is 6. The van der Waals surface area contributed by atoms with Crippen LogP contribution in [0.15, 0.2) is 0 Å². The zero-order valence-electron chi connectivity index (χ0n) is 9.74. The van der Waals surface area contributed by atoms with Gasteiger partial charge in [0.1, 0.15) is 0 Å². The molecule has 0 atom stereocenters. The first-order chi connectivity index (χ1) is 8.49. The van der Waals surface area contributed by atoms with Crippen LogP contribution < -0.4 is 51.4 Å². The molecule has 0 amide bonds. The molecule has 0 aromatic carbocycles. The second-order valence-electron chi connectivity index (χ2n) is 0.600. The second kappa shape index (κ2) is 269. The molecule has 0 aliphatic heterocycles. The van der Waals surface area contributed by atoms with Crippen molar-refractivity contribution < 1.29 is 102 Å². The Balaban J connectivity index is -0.0000000141. The topological polar surface area (TPSA) is 264 Å². The van der Waals surface area contributed by atoms with Crippen LogP contribution in [0.4, 0.5) is 0 Å². The maximum absolute atomic E-state index is 6.88. The van der Waals surface area contributed by atoms with Gasteiger partial charge in [0.05, 0.1) is 0 Å². The molecule has 14 heteroatoms. The minimum absolute atomic E-state index is 0. The molecule has 0 spiro atoms. The van der Waals surface area contributed by atoms with Gasteiger partial charge in [0, 0.05) is 20.4 Å². The summed E-state index contributed by atoms with van der Waals surface area (Å²) in [5.74, 6) is 0. The van der Waals surface area contributed by atoms with E-state index in [9.17, 15) is 0 Å². The van der Waals surface area contributed by atoms with Crippen LogP contribution in [0.2, 0.25) is 0 Å². The van der Waals surface area contributed by atoms with Gasteiger partial charge in [0.25, 0.3) is 37.5 Å². The fraction of sp³-hybridized carbons (Fsp3) is 0. The predicted octanol–water partition coefficient (Wildman–Crippen LogP) is -3.96. The number of hydrogen-bond acceptors (Lipinski definition) is 12. The van der Waals surface area contributed by atoms with Gasteiger partial charge in [-0.05, 0) is 0 Å². The Morgan fingerprint density at radius 2 is 0.400 bits per heavy atom. The van der Waals surface area contributed by atoms with Crippen LogP contribution >= 0.6 is 0 Å². The van der Waals surface area contributed by atoms with Gasteiger partial charge in [-0.3, -0.25) is 0 Å². The molecule has 20 heavy (non-hydrogen) atoms. The van der Waals surface area contributed by atoms with E-state index >= 15 is 0 Å². The monoisotopic (exact) mass is 484 g/mol. The van der Waals surface area contributed by atoms with E-state index in [4.69, 9.17) is 62.2 Å². The summed E-state index contributed by atoms with van der Waals surface area (Å²) in [4.78, 5) is 0. The van der Waals surface area contributed by atoms with Gasteiger partial charge >= 0.3 is 51.4 Å². The van der Waals surface area contributed by atoms with E-state index in [2.05, 4.69) is 0 Å². The van der Waals surface area contributed by atoms with Gasteiger partial charge in [0.15, 0.2) is 0 Å². The molecule has 0 unspecified atom stereocenters. The molecule has 0 bridgehead atoms. The van der Waals surface area contributed by atoms with Crippen molar-refractivity contribution in [3.05, 3.63) is 0 Å². The largest absolute Gasteiger partial charge is 1.00 e. The molecular formula is C6H6KN6O6Re+. The summed E-state index contributed by atoms with van der Waals surface area (Å²) in [5, 5.41) is 82.5. The first-order valence-electron chi connectivity index (χ1n) is 2.68. The number of nitrogens with zero attached hydrogens (tertiary/aromatic N) is 6. The standard InChI is InChI=1S/6CHNO.K.Re/c6*2-1-3;;/h6*3H;;/q;;;;;;+1;. The minimum Gasteiger partial charge on any atom is -0.443 e. The summed E-state index contributed by atoms with van der Waals surface area (Å²) in [6.45, 7) is 0. The Bertz CT molecular complexity index is 262. The Labute approximate surface area is 169 Å². The van der Waals surface area contributed by atoms with Gasteiger partial charge in [-0.1, -0.05) is 0 Å². The van der Waals surface area contributed by atoms with Crippen LogP contribution in [0.25, 0.3) is 0 Å². The Hall–Kier alpha value is -1.96. The van der Waals surface area contributed by atoms with Gasteiger partial charge in [0.2, 0.25) is 0 Å². The van der Waals surface area contributed by atoms with Crippen LogP contribution in [-0.4, -0.2) is 30.6 Å². The summed E-state index contributed by atoms with van der Waals surface area (Å²) in [6, 6.07) is 0. The quantitative estimate of drug-likeness (QED) is 0.142. The molecule has 0 heterocycles. The third-order valence-electron chi connectivity index (χ3n) is 0. The van der Waals surface area contributed by atoms with Crippen LogP contribution in [0.5, 0.6) is 0 Å². The maximum Gasteiger partial charge on any atom is 1.00 e. The van der Waals surface area contributed by atoms with Crippen LogP contribution in [0.1, 0.15) is 0 Å². The Morgan fingerprint density at radius 1 is 0.400 bits per heavy atom. The fourth-order valence-corrected chi connectivity index (χ4v) is 0. The van der Waals surface area contributed by atoms with E-state index < -0.39 is 0 Å². The summed E-state index contributed by atoms with van der Waals surface area (Å²) in [7, 11) is 0. The van der Waals surface area contributed by atoms with E-state index in [1.807, 2.05) is 0 Å². The number of nitriles is 6. The van der Waals surface area contributed by atoms with Crippen molar-refractivity contribution in [1.29, 1.82) is 31.6 Å². The van der Waals surface area contributed by atoms with E-state index in [1.54, 1.807) is 0 Å². The second-order valence-corrected chi connectivity index (χ2v) is 0.600. The molecule has 103 valence electrons. The number of hydrogen-bond donors (Lipinski definition) is 6. The zero-order chi connectivity index (χ0) is 16.2. The summed E-state index contributed by atoms with van der Waals surface area (Å²) < 4.78 is 0. The van der Waals surface area contributed by atoms with Gasteiger partial charge in [-0.25, -0.2) is 0 Å². The Morgan fingerprint density at radius 3 is 0.400 bits per heavy atom. The van der Waals surface area contributed by atoms with E-state index in [-0.39, 0.29) is 71.8 Å². The first-order valence-corrected chi connectivity index (χ1v) is 2.68. The predicted molar refractivity (Wildman–Crippen MR) is 45.3 cm³/mol. The first kappa shape index (κ1) is 52.0. The average Bonchev–Trinajstić information content (AvgIpc) is 2.23. The van der Waals surface area contributed by atoms with Crippen molar-refractivity contribution in [2.45, 2.75) is 0 Å². The minimum atomic E-state index is 0. The molecule has 0 rings (SSSR count). The van der Waals surface area contributed by atoms with Crippen LogP contribution in [-0.2, 0) is 20.4 Å². The van der Waals surface area contributed by atoms with Crippen molar-refractivity contribution in [2.24, 2.45) is 0 Å². The van der Waals surface area contributed by atoms with Crippen LogP contribution in [0.3, 0.4) is 0 Å². The normalized spacial score (nSPS) is 2.10. The molecule has 0 aromatic heterocycles. The van der Waals surface area contributed by atoms with Crippen molar-refractivity contribution in [1.82, 2.24) is 0 Å². The van der Waals surface area contributed by atoms with Crippen LogP contribution in [0, 0.1) is 69.1 Å². The smallest absolute Gasteiger partial charge is 0.443 e. The third kappa shape index (κ3) is 943. The molecule has 1 radical (unpaired) electrons. The molecule has 0 aromatic rings. The molecule has 0 saturated carbocycles. The number of rotatable bonds is 0. The van der Waals surface area contributed by atoms with Gasteiger partial charge in [-0.15, -0.1) is 0 Å². The summed E-state index contributed by atoms with van der Waals surface area (Å²) >= 11 is 0. The maximum atomic E-state index is 6.88. The molecule has 12 nitrogen and oxygen atoms in total. The Kier molecular flexibility index (Phi) is 698. The van der Waals surface area contributed by atoms with E-state index in [0.717, 1.165) is 37.5 Å². The summed E-state index contributed by atoms with van der Waals surface area (Å²) in [6.07, 6.45) is 4.50. The van der Waals surface area contributed by atoms with Crippen molar-refractivity contribution in [3.8, 4) is 37.5 Å². The zero-order valence-corrected chi connectivity index (χ0v) is 15.6. The van der Waals surface area contributed by atoms with E-state index in [1.165, 1.54) is 0 Å². The molecule has 0 saturated heterocycles. The van der Waals surface area contributed by atoms with Crippen molar-refractivity contribution in [2.75, 3.05) is 0 Å².